The molecule has 9 heteroatoms. The maximum Gasteiger partial charge on any atom is 0.308 e. The Labute approximate surface area is 122 Å². The highest BCUT2D eigenvalue weighted by Crippen LogP contribution is 2.22. The van der Waals surface area contributed by atoms with Crippen LogP contribution in [-0.4, -0.2) is 33.1 Å². The number of nitrogens with zero attached hydrogens (tertiary/aromatic N) is 1. The highest BCUT2D eigenvalue weighted by Gasteiger charge is 2.24. The molecule has 0 saturated carbocycles. The van der Waals surface area contributed by atoms with Crippen molar-refractivity contribution in [3.8, 4) is 0 Å². The van der Waals surface area contributed by atoms with Crippen molar-refractivity contribution in [3.05, 3.63) is 39.4 Å². The normalized spacial score (nSPS) is 13.5. The molecule has 116 valence electrons. The largest absolute Gasteiger partial charge is 0.349 e. The summed E-state index contributed by atoms with van der Waals surface area (Å²) in [7, 11) is -1.04. The number of carbonyl (C=O) groups is 1. The first-order valence-corrected chi connectivity index (χ1v) is 7.69. The number of nitro groups is 1. The molecule has 2 unspecified atom stereocenters. The van der Waals surface area contributed by atoms with Crippen LogP contribution in [0.25, 0.3) is 0 Å². The van der Waals surface area contributed by atoms with Gasteiger partial charge in [0.1, 0.15) is 5.82 Å². The Hall–Kier alpha value is -1.90. The molecule has 0 radical (unpaired) electrons. The molecule has 0 aliphatic carbocycles. The summed E-state index contributed by atoms with van der Waals surface area (Å²) in [6, 6.07) is 0.584. The number of carbonyl (C=O) groups excluding carboxylic acids is 1. The zero-order valence-electron chi connectivity index (χ0n) is 11.4. The summed E-state index contributed by atoms with van der Waals surface area (Å²) < 4.78 is 38.0. The fourth-order valence-electron chi connectivity index (χ4n) is 1.59. The molecule has 0 spiro atoms. The Morgan fingerprint density at radius 3 is 2.62 bits per heavy atom. The van der Waals surface area contributed by atoms with E-state index in [1.807, 2.05) is 0 Å². The van der Waals surface area contributed by atoms with Crippen LogP contribution in [0.2, 0.25) is 0 Å². The van der Waals surface area contributed by atoms with E-state index in [-0.39, 0.29) is 0 Å². The summed E-state index contributed by atoms with van der Waals surface area (Å²) in [5, 5.41) is 13.0. The lowest BCUT2D eigenvalue weighted by molar-refractivity contribution is -0.387. The summed E-state index contributed by atoms with van der Waals surface area (Å²) >= 11 is 0. The van der Waals surface area contributed by atoms with Crippen LogP contribution in [0.5, 0.6) is 0 Å². The first-order chi connectivity index (χ1) is 9.72. The minimum atomic E-state index is -1.38. The monoisotopic (exact) mass is 320 g/mol. The lowest BCUT2D eigenvalue weighted by atomic mass is 10.1. The van der Waals surface area contributed by atoms with Crippen molar-refractivity contribution >= 4 is 22.4 Å². The second kappa shape index (κ2) is 7.21. The second-order valence-corrected chi connectivity index (χ2v) is 6.04. The average Bonchev–Trinajstić information content (AvgIpc) is 2.38. The van der Waals surface area contributed by atoms with Crippen molar-refractivity contribution in [3.63, 3.8) is 0 Å². The maximum atomic E-state index is 13.8. The van der Waals surface area contributed by atoms with Crippen LogP contribution in [0.3, 0.4) is 0 Å². The van der Waals surface area contributed by atoms with Gasteiger partial charge in [0, 0.05) is 28.9 Å². The zero-order valence-corrected chi connectivity index (χ0v) is 12.2. The fourth-order valence-corrected chi connectivity index (χ4v) is 2.27. The topological polar surface area (TPSA) is 89.3 Å². The molecule has 0 saturated heterocycles. The van der Waals surface area contributed by atoms with E-state index in [0.29, 0.717) is 24.3 Å². The Balaban J connectivity index is 2.92. The number of benzene rings is 1. The van der Waals surface area contributed by atoms with Crippen LogP contribution in [-0.2, 0) is 10.8 Å². The molecule has 1 aromatic rings. The quantitative estimate of drug-likeness (QED) is 0.639. The van der Waals surface area contributed by atoms with Crippen molar-refractivity contribution in [1.29, 1.82) is 0 Å². The van der Waals surface area contributed by atoms with Gasteiger partial charge in [0.15, 0.2) is 0 Å². The standard InChI is InChI=1S/C12H14F2N2O4S/c1-7(3-4-21(2)20)15-12(17)9-5-8(13)6-10(11(9)14)16(18)19/h5-7H,3-4H2,1-2H3,(H,15,17). The minimum Gasteiger partial charge on any atom is -0.349 e. The number of rotatable bonds is 6. The lowest BCUT2D eigenvalue weighted by Crippen LogP contribution is -2.34. The molecule has 0 bridgehead atoms. The third kappa shape index (κ3) is 4.85. The van der Waals surface area contributed by atoms with Gasteiger partial charge in [-0.05, 0) is 19.4 Å². The Kier molecular flexibility index (Phi) is 5.89. The van der Waals surface area contributed by atoms with E-state index in [1.54, 1.807) is 6.92 Å². The van der Waals surface area contributed by atoms with Crippen LogP contribution in [0.1, 0.15) is 23.7 Å². The third-order valence-corrected chi connectivity index (χ3v) is 3.49. The minimum absolute atomic E-state index is 0.341. The van der Waals surface area contributed by atoms with Gasteiger partial charge in [-0.2, -0.15) is 4.39 Å². The molecule has 6 nitrogen and oxygen atoms in total. The van der Waals surface area contributed by atoms with Crippen LogP contribution in [0, 0.1) is 21.7 Å². The van der Waals surface area contributed by atoms with Crippen LogP contribution >= 0.6 is 0 Å². The molecule has 1 N–H and O–H groups in total. The van der Waals surface area contributed by atoms with E-state index in [4.69, 9.17) is 0 Å². The van der Waals surface area contributed by atoms with E-state index < -0.39 is 50.6 Å². The molecule has 0 aromatic heterocycles. The maximum absolute atomic E-state index is 13.8. The lowest BCUT2D eigenvalue weighted by Gasteiger charge is -2.13. The van der Waals surface area contributed by atoms with Crippen LogP contribution in [0.15, 0.2) is 12.1 Å². The Morgan fingerprint density at radius 1 is 1.48 bits per heavy atom. The van der Waals surface area contributed by atoms with Gasteiger partial charge in [0.25, 0.3) is 5.91 Å². The molecule has 1 rings (SSSR count). The predicted octanol–water partition coefficient (Wildman–Crippen LogP) is 1.76. The third-order valence-electron chi connectivity index (χ3n) is 2.68. The SMILES string of the molecule is CC(CCS(C)=O)NC(=O)c1cc(F)cc([N+](=O)[O-])c1F. The number of amides is 1. The van der Waals surface area contributed by atoms with E-state index in [1.165, 1.54) is 6.26 Å². The van der Waals surface area contributed by atoms with Crippen molar-refractivity contribution in [2.24, 2.45) is 0 Å². The molecule has 0 aliphatic heterocycles. The van der Waals surface area contributed by atoms with Gasteiger partial charge in [0.2, 0.25) is 5.82 Å². The first-order valence-electron chi connectivity index (χ1n) is 5.96. The van der Waals surface area contributed by atoms with Gasteiger partial charge in [-0.25, -0.2) is 4.39 Å². The van der Waals surface area contributed by atoms with Gasteiger partial charge in [-0.1, -0.05) is 0 Å². The van der Waals surface area contributed by atoms with Gasteiger partial charge in [-0.15, -0.1) is 0 Å². The Morgan fingerprint density at radius 2 is 2.10 bits per heavy atom. The summed E-state index contributed by atoms with van der Waals surface area (Å²) in [4.78, 5) is 21.3. The fraction of sp³-hybridized carbons (Fsp3) is 0.417. The highest BCUT2D eigenvalue weighted by molar-refractivity contribution is 7.84. The smallest absolute Gasteiger partial charge is 0.308 e. The van der Waals surface area contributed by atoms with Gasteiger partial charge in [-0.3, -0.25) is 19.1 Å². The number of hydrogen-bond donors (Lipinski definition) is 1. The number of nitro benzene ring substituents is 1. The van der Waals surface area contributed by atoms with Gasteiger partial charge < -0.3 is 5.32 Å². The summed E-state index contributed by atoms with van der Waals surface area (Å²) in [6.07, 6.45) is 1.89. The molecule has 0 heterocycles. The van der Waals surface area contributed by atoms with E-state index in [0.717, 1.165) is 0 Å². The molecule has 21 heavy (non-hydrogen) atoms. The summed E-state index contributed by atoms with van der Waals surface area (Å²) in [5.41, 5.74) is -1.83. The zero-order chi connectivity index (χ0) is 16.2. The summed E-state index contributed by atoms with van der Waals surface area (Å²) in [6.45, 7) is 1.61. The molecular formula is C12H14F2N2O4S. The summed E-state index contributed by atoms with van der Waals surface area (Å²) in [5.74, 6) is -3.07. The van der Waals surface area contributed by atoms with E-state index in [9.17, 15) is 27.9 Å². The molecule has 1 amide bonds. The second-order valence-electron chi connectivity index (χ2n) is 4.48. The number of halogens is 2. The van der Waals surface area contributed by atoms with Crippen molar-refractivity contribution in [2.75, 3.05) is 12.0 Å². The van der Waals surface area contributed by atoms with Crippen LogP contribution < -0.4 is 5.32 Å². The number of hydrogen-bond acceptors (Lipinski definition) is 4. The molecule has 0 fully saturated rings. The van der Waals surface area contributed by atoms with Crippen molar-refractivity contribution in [1.82, 2.24) is 5.32 Å². The van der Waals surface area contributed by atoms with Crippen molar-refractivity contribution < 1.29 is 22.7 Å². The first kappa shape index (κ1) is 17.2. The highest BCUT2D eigenvalue weighted by atomic mass is 32.2. The van der Waals surface area contributed by atoms with Gasteiger partial charge >= 0.3 is 5.69 Å². The Bertz CT molecular complexity index is 595. The molecule has 2 atom stereocenters. The van der Waals surface area contributed by atoms with Gasteiger partial charge in [0.05, 0.1) is 16.6 Å². The molecule has 0 aliphatic rings. The van der Waals surface area contributed by atoms with Crippen LogP contribution in [0.4, 0.5) is 14.5 Å². The predicted molar refractivity (Wildman–Crippen MR) is 73.5 cm³/mol. The molecular weight excluding hydrogens is 306 g/mol. The number of nitrogens with one attached hydrogen (secondary N) is 1. The molecule has 1 aromatic carbocycles. The average molecular weight is 320 g/mol. The van der Waals surface area contributed by atoms with E-state index >= 15 is 0 Å². The van der Waals surface area contributed by atoms with E-state index in [2.05, 4.69) is 5.32 Å². The van der Waals surface area contributed by atoms with Crippen molar-refractivity contribution in [2.45, 2.75) is 19.4 Å².